The Bertz CT molecular complexity index is 914. The van der Waals surface area contributed by atoms with Crippen LogP contribution in [-0.2, 0) is 4.79 Å². The van der Waals surface area contributed by atoms with E-state index in [1.54, 1.807) is 30.3 Å². The molecule has 0 saturated carbocycles. The monoisotopic (exact) mass is 535 g/mol. The molecule has 1 amide bonds. The minimum Gasteiger partial charge on any atom is -1.00 e. The van der Waals surface area contributed by atoms with Gasteiger partial charge in [0.05, 0.1) is 26.3 Å². The molecule has 1 aromatic carbocycles. The van der Waals surface area contributed by atoms with E-state index < -0.39 is 0 Å². The van der Waals surface area contributed by atoms with Gasteiger partial charge in [-0.25, -0.2) is 4.98 Å². The second-order valence-electron chi connectivity index (χ2n) is 8.79. The molecule has 1 aromatic heterocycles. The van der Waals surface area contributed by atoms with Crippen LogP contribution in [0, 0.1) is 0 Å². The molecular weight excluding hydrogens is 502 g/mol. The maximum atomic E-state index is 12.5. The van der Waals surface area contributed by atoms with Crippen LogP contribution in [0.4, 0.5) is 5.69 Å². The number of aromatic nitrogens is 1. The standard InChI is InChI=1S/C26H34BrN3O2.ClH/c1-4-5-6-7-8-9-19-30(2,3)20-26(32)29-23-15-13-21(14-16-23)24(31)18-17-22-11-10-12-25(27)28-22;/h10-18H,4-9,19-20H2,1-3H3;1H/b18-17+;. The number of hydrogen-bond acceptors (Lipinski definition) is 3. The molecule has 1 heterocycles. The number of amides is 1. The van der Waals surface area contributed by atoms with Gasteiger partial charge in [-0.1, -0.05) is 38.7 Å². The first-order chi connectivity index (χ1) is 15.3. The summed E-state index contributed by atoms with van der Waals surface area (Å²) in [6.07, 6.45) is 10.7. The number of likely N-dealkylation sites (N-methyl/N-ethyl adjacent to an activating group) is 1. The summed E-state index contributed by atoms with van der Waals surface area (Å²) in [5.74, 6) is -0.123. The zero-order chi connectivity index (χ0) is 23.4. The molecule has 7 heteroatoms. The van der Waals surface area contributed by atoms with Gasteiger partial charge in [0.15, 0.2) is 12.3 Å². The van der Waals surface area contributed by atoms with Gasteiger partial charge in [0.2, 0.25) is 0 Å². The average molecular weight is 537 g/mol. The Morgan fingerprint density at radius 3 is 2.33 bits per heavy atom. The first kappa shape index (κ1) is 29.0. The molecular formula is C26H35BrClN3O2. The van der Waals surface area contributed by atoms with Crippen LogP contribution in [0.5, 0.6) is 0 Å². The summed E-state index contributed by atoms with van der Waals surface area (Å²) in [7, 11) is 4.19. The van der Waals surface area contributed by atoms with Gasteiger partial charge in [0, 0.05) is 11.3 Å². The number of anilines is 1. The summed E-state index contributed by atoms with van der Waals surface area (Å²) in [6.45, 7) is 3.65. The maximum absolute atomic E-state index is 12.5. The lowest BCUT2D eigenvalue weighted by Crippen LogP contribution is -3.00. The van der Waals surface area contributed by atoms with E-state index in [1.807, 2.05) is 18.2 Å². The lowest BCUT2D eigenvalue weighted by Gasteiger charge is -2.29. The van der Waals surface area contributed by atoms with Gasteiger partial charge in [-0.15, -0.1) is 0 Å². The first-order valence-electron chi connectivity index (χ1n) is 11.4. The topological polar surface area (TPSA) is 59.1 Å². The average Bonchev–Trinajstić information content (AvgIpc) is 2.74. The van der Waals surface area contributed by atoms with Gasteiger partial charge < -0.3 is 22.2 Å². The van der Waals surface area contributed by atoms with Crippen molar-refractivity contribution in [2.45, 2.75) is 45.4 Å². The van der Waals surface area contributed by atoms with E-state index in [9.17, 15) is 9.59 Å². The number of unbranched alkanes of at least 4 members (excludes halogenated alkanes) is 5. The summed E-state index contributed by atoms with van der Waals surface area (Å²) < 4.78 is 1.39. The Morgan fingerprint density at radius 2 is 1.67 bits per heavy atom. The third-order valence-electron chi connectivity index (χ3n) is 5.28. The lowest BCUT2D eigenvalue weighted by molar-refractivity contribution is -0.882. The SMILES string of the molecule is CCCCCCCC[N+](C)(C)CC(=O)Nc1ccc(C(=O)/C=C/c2cccc(Br)n2)cc1.[Cl-]. The van der Waals surface area contributed by atoms with Crippen LogP contribution in [0.3, 0.4) is 0 Å². The van der Waals surface area contributed by atoms with Gasteiger partial charge in [0.1, 0.15) is 4.60 Å². The van der Waals surface area contributed by atoms with Crippen molar-refractivity contribution in [1.82, 2.24) is 4.98 Å². The molecule has 2 aromatic rings. The number of benzene rings is 1. The molecule has 1 N–H and O–H groups in total. The Balaban J connectivity index is 0.00000544. The fourth-order valence-electron chi connectivity index (χ4n) is 3.48. The Labute approximate surface area is 212 Å². The molecule has 0 saturated heterocycles. The minimum absolute atomic E-state index is 0. The molecule has 0 fully saturated rings. The first-order valence-corrected chi connectivity index (χ1v) is 12.2. The largest absolute Gasteiger partial charge is 1.00 e. The predicted molar refractivity (Wildman–Crippen MR) is 136 cm³/mol. The molecule has 0 spiro atoms. The molecule has 0 aliphatic heterocycles. The van der Waals surface area contributed by atoms with E-state index in [1.165, 1.54) is 38.2 Å². The second kappa shape index (κ2) is 15.0. The number of ketones is 1. The highest BCUT2D eigenvalue weighted by molar-refractivity contribution is 9.10. The van der Waals surface area contributed by atoms with Gasteiger partial charge in [-0.3, -0.25) is 9.59 Å². The van der Waals surface area contributed by atoms with E-state index in [0.29, 0.717) is 28.0 Å². The molecule has 0 bridgehead atoms. The summed E-state index contributed by atoms with van der Waals surface area (Å²) in [5, 5.41) is 2.95. The molecule has 0 radical (unpaired) electrons. The second-order valence-corrected chi connectivity index (χ2v) is 9.61. The zero-order valence-electron chi connectivity index (χ0n) is 19.8. The van der Waals surface area contributed by atoms with Gasteiger partial charge in [-0.05, 0) is 77.3 Å². The highest BCUT2D eigenvalue weighted by Crippen LogP contribution is 2.13. The van der Waals surface area contributed by atoms with E-state index in [2.05, 4.69) is 47.2 Å². The van der Waals surface area contributed by atoms with Crippen molar-refractivity contribution in [2.75, 3.05) is 32.5 Å². The summed E-state index contributed by atoms with van der Waals surface area (Å²) >= 11 is 3.32. The number of allylic oxidation sites excluding steroid dienone is 1. The van der Waals surface area contributed by atoms with Crippen molar-refractivity contribution < 1.29 is 26.5 Å². The fourth-order valence-corrected chi connectivity index (χ4v) is 3.84. The van der Waals surface area contributed by atoms with Crippen molar-refractivity contribution in [3.05, 3.63) is 64.4 Å². The molecule has 5 nitrogen and oxygen atoms in total. The number of nitrogens with one attached hydrogen (secondary N) is 1. The third kappa shape index (κ3) is 11.6. The molecule has 0 aliphatic rings. The molecule has 0 aliphatic carbocycles. The Hall–Kier alpha value is -2.02. The number of hydrogen-bond donors (Lipinski definition) is 1. The molecule has 2 rings (SSSR count). The summed E-state index contributed by atoms with van der Waals surface area (Å²) in [6, 6.07) is 12.5. The van der Waals surface area contributed by atoms with Gasteiger partial charge >= 0.3 is 0 Å². The van der Waals surface area contributed by atoms with E-state index in [0.717, 1.165) is 17.6 Å². The molecule has 0 unspecified atom stereocenters. The summed E-state index contributed by atoms with van der Waals surface area (Å²) in [4.78, 5) is 29.2. The molecule has 33 heavy (non-hydrogen) atoms. The van der Waals surface area contributed by atoms with Crippen molar-refractivity contribution in [3.63, 3.8) is 0 Å². The normalized spacial score (nSPS) is 11.3. The molecule has 180 valence electrons. The smallest absolute Gasteiger partial charge is 0.279 e. The summed E-state index contributed by atoms with van der Waals surface area (Å²) in [5.41, 5.74) is 1.97. The number of quaternary nitrogens is 1. The highest BCUT2D eigenvalue weighted by atomic mass is 79.9. The van der Waals surface area contributed by atoms with Crippen LogP contribution in [0.25, 0.3) is 6.08 Å². The number of pyridine rings is 1. The Kier molecular flexibility index (Phi) is 13.2. The van der Waals surface area contributed by atoms with Crippen LogP contribution >= 0.6 is 15.9 Å². The van der Waals surface area contributed by atoms with Crippen molar-refractivity contribution in [2.24, 2.45) is 0 Å². The van der Waals surface area contributed by atoms with Crippen LogP contribution in [0.2, 0.25) is 0 Å². The predicted octanol–water partition coefficient (Wildman–Crippen LogP) is 3.12. The van der Waals surface area contributed by atoms with Crippen LogP contribution in [-0.4, -0.2) is 48.3 Å². The van der Waals surface area contributed by atoms with Crippen LogP contribution in [0.1, 0.15) is 61.5 Å². The van der Waals surface area contributed by atoms with Crippen molar-refractivity contribution >= 4 is 39.4 Å². The fraction of sp³-hybridized carbons (Fsp3) is 0.423. The Morgan fingerprint density at radius 1 is 1.00 bits per heavy atom. The number of carbonyl (C=O) groups is 2. The number of rotatable bonds is 13. The quantitative estimate of drug-likeness (QED) is 0.141. The van der Waals surface area contributed by atoms with Crippen LogP contribution < -0.4 is 17.7 Å². The minimum atomic E-state index is -0.110. The number of carbonyl (C=O) groups excluding carboxylic acids is 2. The van der Waals surface area contributed by atoms with Crippen molar-refractivity contribution in [3.8, 4) is 0 Å². The van der Waals surface area contributed by atoms with Crippen LogP contribution in [0.15, 0.2) is 53.1 Å². The number of nitrogens with zero attached hydrogens (tertiary/aromatic N) is 2. The zero-order valence-corrected chi connectivity index (χ0v) is 22.2. The highest BCUT2D eigenvalue weighted by Gasteiger charge is 2.19. The van der Waals surface area contributed by atoms with Gasteiger partial charge in [-0.2, -0.15) is 0 Å². The number of halogens is 2. The van der Waals surface area contributed by atoms with Crippen molar-refractivity contribution in [1.29, 1.82) is 0 Å². The maximum Gasteiger partial charge on any atom is 0.279 e. The van der Waals surface area contributed by atoms with E-state index in [4.69, 9.17) is 0 Å². The van der Waals surface area contributed by atoms with E-state index in [-0.39, 0.29) is 24.1 Å². The third-order valence-corrected chi connectivity index (χ3v) is 5.73. The van der Waals surface area contributed by atoms with Gasteiger partial charge in [0.25, 0.3) is 5.91 Å². The molecule has 0 atom stereocenters. The van der Waals surface area contributed by atoms with E-state index >= 15 is 0 Å². The lowest BCUT2D eigenvalue weighted by atomic mass is 10.1.